The molecule has 0 aromatic carbocycles. The van der Waals surface area contributed by atoms with Gasteiger partial charge in [0.2, 0.25) is 0 Å². The van der Waals surface area contributed by atoms with Crippen LogP contribution in [0.3, 0.4) is 0 Å². The topological polar surface area (TPSA) is 62.1 Å². The van der Waals surface area contributed by atoms with E-state index in [2.05, 4.69) is 11.4 Å². The van der Waals surface area contributed by atoms with Crippen LogP contribution in [-0.4, -0.2) is 18.2 Å². The molecule has 0 radical (unpaired) electrons. The lowest BCUT2D eigenvalue weighted by molar-refractivity contribution is 0.125. The van der Waals surface area contributed by atoms with Gasteiger partial charge in [0.25, 0.3) is 0 Å². The summed E-state index contributed by atoms with van der Waals surface area (Å²) >= 11 is 0. The molecular formula is C11H18N2O2. The van der Waals surface area contributed by atoms with Crippen LogP contribution < -0.4 is 5.32 Å². The lowest BCUT2D eigenvalue weighted by Crippen LogP contribution is -2.45. The van der Waals surface area contributed by atoms with Crippen molar-refractivity contribution in [2.24, 2.45) is 5.92 Å². The van der Waals surface area contributed by atoms with Crippen LogP contribution in [0.1, 0.15) is 39.5 Å². The number of nitrogens with one attached hydrogen (secondary N) is 1. The van der Waals surface area contributed by atoms with E-state index in [1.807, 2.05) is 13.8 Å². The fourth-order valence-corrected chi connectivity index (χ4v) is 1.72. The van der Waals surface area contributed by atoms with E-state index in [0.29, 0.717) is 12.5 Å². The van der Waals surface area contributed by atoms with Crippen LogP contribution in [0.2, 0.25) is 0 Å². The third-order valence-corrected chi connectivity index (χ3v) is 2.56. The molecule has 84 valence electrons. The largest absolute Gasteiger partial charge is 0.449 e. The summed E-state index contributed by atoms with van der Waals surface area (Å²) in [4.78, 5) is 11.4. The fraction of sp³-hybridized carbons (Fsp3) is 0.818. The van der Waals surface area contributed by atoms with Gasteiger partial charge in [0.05, 0.1) is 12.7 Å². The maximum absolute atomic E-state index is 11.4. The number of hydrogen-bond acceptors (Lipinski definition) is 3. The Bertz CT molecular complexity index is 262. The molecule has 0 aromatic rings. The van der Waals surface area contributed by atoms with Crippen LogP contribution in [0.25, 0.3) is 0 Å². The molecule has 1 amide bonds. The Morgan fingerprint density at radius 3 is 2.60 bits per heavy atom. The van der Waals surface area contributed by atoms with Crippen molar-refractivity contribution in [3.63, 3.8) is 0 Å². The van der Waals surface area contributed by atoms with Gasteiger partial charge in [0.15, 0.2) is 0 Å². The number of hydrogen-bond donors (Lipinski definition) is 1. The van der Waals surface area contributed by atoms with Gasteiger partial charge in [-0.2, -0.15) is 5.26 Å². The number of carbonyl (C=O) groups is 1. The molecule has 0 spiro atoms. The normalized spacial score (nSPS) is 18.5. The minimum atomic E-state index is -0.673. The van der Waals surface area contributed by atoms with Crippen molar-refractivity contribution in [3.05, 3.63) is 0 Å². The maximum atomic E-state index is 11.4. The Hall–Kier alpha value is -1.24. The third-order valence-electron chi connectivity index (χ3n) is 2.56. The van der Waals surface area contributed by atoms with E-state index in [-0.39, 0.29) is 0 Å². The first-order valence-corrected chi connectivity index (χ1v) is 5.44. The summed E-state index contributed by atoms with van der Waals surface area (Å²) in [6.45, 7) is 4.35. The van der Waals surface area contributed by atoms with Gasteiger partial charge in [0, 0.05) is 0 Å². The minimum absolute atomic E-state index is 0.317. The Morgan fingerprint density at radius 2 is 2.13 bits per heavy atom. The molecule has 0 unspecified atom stereocenters. The van der Waals surface area contributed by atoms with E-state index >= 15 is 0 Å². The van der Waals surface area contributed by atoms with Crippen molar-refractivity contribution in [3.8, 4) is 6.07 Å². The first kappa shape index (κ1) is 11.8. The van der Waals surface area contributed by atoms with Crippen molar-refractivity contribution < 1.29 is 9.53 Å². The van der Waals surface area contributed by atoms with Gasteiger partial charge in [-0.25, -0.2) is 4.79 Å². The van der Waals surface area contributed by atoms with E-state index in [1.54, 1.807) is 0 Å². The molecule has 1 N–H and O–H groups in total. The van der Waals surface area contributed by atoms with Crippen LogP contribution in [0.15, 0.2) is 0 Å². The summed E-state index contributed by atoms with van der Waals surface area (Å²) in [7, 11) is 0. The van der Waals surface area contributed by atoms with E-state index in [4.69, 9.17) is 10.00 Å². The van der Waals surface area contributed by atoms with Crippen molar-refractivity contribution in [1.29, 1.82) is 5.26 Å². The number of alkyl carbamates (subject to hydrolysis) is 1. The molecule has 4 nitrogen and oxygen atoms in total. The van der Waals surface area contributed by atoms with Crippen LogP contribution >= 0.6 is 0 Å². The highest BCUT2D eigenvalue weighted by atomic mass is 16.5. The Kier molecular flexibility index (Phi) is 3.96. The van der Waals surface area contributed by atoms with Crippen molar-refractivity contribution in [1.82, 2.24) is 5.32 Å². The van der Waals surface area contributed by atoms with Gasteiger partial charge >= 0.3 is 6.09 Å². The maximum Gasteiger partial charge on any atom is 0.408 e. The highest BCUT2D eigenvalue weighted by molar-refractivity contribution is 5.69. The smallest absolute Gasteiger partial charge is 0.408 e. The predicted octanol–water partition coefficient (Wildman–Crippen LogP) is 2.20. The van der Waals surface area contributed by atoms with Crippen LogP contribution in [0, 0.1) is 17.2 Å². The highest BCUT2D eigenvalue weighted by Gasteiger charge is 2.35. The van der Waals surface area contributed by atoms with Crippen LogP contribution in [0.5, 0.6) is 0 Å². The second-order valence-corrected chi connectivity index (χ2v) is 4.52. The number of nitriles is 1. The lowest BCUT2D eigenvalue weighted by Gasteiger charge is -2.21. The van der Waals surface area contributed by atoms with Crippen LogP contribution in [-0.2, 0) is 4.74 Å². The van der Waals surface area contributed by atoms with Gasteiger partial charge in [-0.15, -0.1) is 0 Å². The molecular weight excluding hydrogens is 192 g/mol. The zero-order valence-corrected chi connectivity index (χ0v) is 9.38. The second-order valence-electron chi connectivity index (χ2n) is 4.52. The van der Waals surface area contributed by atoms with Gasteiger partial charge in [0.1, 0.15) is 5.54 Å². The molecule has 15 heavy (non-hydrogen) atoms. The summed E-state index contributed by atoms with van der Waals surface area (Å²) in [5.74, 6) is 0.317. The zero-order chi connectivity index (χ0) is 11.3. The predicted molar refractivity (Wildman–Crippen MR) is 56.1 cm³/mol. The molecule has 0 atom stereocenters. The number of rotatable bonds is 3. The fourth-order valence-electron chi connectivity index (χ4n) is 1.72. The zero-order valence-electron chi connectivity index (χ0n) is 9.38. The van der Waals surface area contributed by atoms with Crippen molar-refractivity contribution in [2.75, 3.05) is 6.61 Å². The van der Waals surface area contributed by atoms with Gasteiger partial charge in [-0.1, -0.05) is 13.8 Å². The lowest BCUT2D eigenvalue weighted by atomic mass is 10.0. The van der Waals surface area contributed by atoms with Crippen molar-refractivity contribution >= 4 is 6.09 Å². The quantitative estimate of drug-likeness (QED) is 0.776. The van der Waals surface area contributed by atoms with Gasteiger partial charge < -0.3 is 10.1 Å². The van der Waals surface area contributed by atoms with E-state index < -0.39 is 11.6 Å². The molecule has 1 fully saturated rings. The summed E-state index contributed by atoms with van der Waals surface area (Å²) in [5.41, 5.74) is -0.673. The number of ether oxygens (including phenoxy) is 1. The Labute approximate surface area is 90.6 Å². The summed E-state index contributed by atoms with van der Waals surface area (Å²) in [5, 5.41) is 11.7. The summed E-state index contributed by atoms with van der Waals surface area (Å²) < 4.78 is 4.99. The first-order valence-electron chi connectivity index (χ1n) is 5.44. The SMILES string of the molecule is CC(C)COC(=O)NC1(C#N)CCCC1. The van der Waals surface area contributed by atoms with Crippen molar-refractivity contribution in [2.45, 2.75) is 45.1 Å². The molecule has 0 aliphatic heterocycles. The standard InChI is InChI=1S/C11H18N2O2/c1-9(2)7-15-10(14)13-11(8-12)5-3-4-6-11/h9H,3-7H2,1-2H3,(H,13,14). The number of nitrogens with zero attached hydrogens (tertiary/aromatic N) is 1. The third kappa shape index (κ3) is 3.43. The summed E-state index contributed by atoms with van der Waals surface area (Å²) in [6.07, 6.45) is 3.00. The van der Waals surface area contributed by atoms with Crippen LogP contribution in [0.4, 0.5) is 4.79 Å². The average molecular weight is 210 g/mol. The van der Waals surface area contributed by atoms with E-state index in [1.165, 1.54) is 0 Å². The second kappa shape index (κ2) is 5.01. The minimum Gasteiger partial charge on any atom is -0.449 e. The molecule has 0 heterocycles. The molecule has 1 saturated carbocycles. The molecule has 1 rings (SSSR count). The molecule has 4 heteroatoms. The summed E-state index contributed by atoms with van der Waals surface area (Å²) in [6, 6.07) is 2.18. The molecule has 0 bridgehead atoms. The Balaban J connectivity index is 2.39. The molecule has 0 saturated heterocycles. The van der Waals surface area contributed by atoms with E-state index in [9.17, 15) is 4.79 Å². The highest BCUT2D eigenvalue weighted by Crippen LogP contribution is 2.28. The molecule has 1 aliphatic carbocycles. The monoisotopic (exact) mass is 210 g/mol. The number of amides is 1. The molecule has 0 aromatic heterocycles. The van der Waals surface area contributed by atoms with E-state index in [0.717, 1.165) is 25.7 Å². The number of carbonyl (C=O) groups excluding carboxylic acids is 1. The first-order chi connectivity index (χ1) is 7.08. The molecule has 1 aliphatic rings. The van der Waals surface area contributed by atoms with Gasteiger partial charge in [-0.05, 0) is 31.6 Å². The van der Waals surface area contributed by atoms with Gasteiger partial charge in [-0.3, -0.25) is 0 Å². The Morgan fingerprint density at radius 1 is 1.53 bits per heavy atom. The average Bonchev–Trinajstić information content (AvgIpc) is 2.64.